The number of hydrogen-bond acceptors (Lipinski definition) is 3. The summed E-state index contributed by atoms with van der Waals surface area (Å²) in [4.78, 5) is 2.44. The van der Waals surface area contributed by atoms with Crippen molar-refractivity contribution in [2.24, 2.45) is 5.92 Å². The molecule has 0 aromatic heterocycles. The third kappa shape index (κ3) is 2.74. The van der Waals surface area contributed by atoms with E-state index in [1.165, 1.54) is 20.0 Å². The van der Waals surface area contributed by atoms with E-state index in [-0.39, 0.29) is 5.82 Å². The summed E-state index contributed by atoms with van der Waals surface area (Å²) in [5.41, 5.74) is 1.03. The molecule has 2 fully saturated rings. The van der Waals surface area contributed by atoms with Crippen molar-refractivity contribution in [3.05, 3.63) is 29.6 Å². The molecular weight excluding hydrogens is 243 g/mol. The molecule has 2 atom stereocenters. The second kappa shape index (κ2) is 5.47. The monoisotopic (exact) mass is 264 g/mol. The lowest BCUT2D eigenvalue weighted by Crippen LogP contribution is -2.43. The molecule has 0 saturated carbocycles. The molecule has 104 valence electrons. The van der Waals surface area contributed by atoms with Crippen LogP contribution in [0, 0.1) is 11.7 Å². The molecular formula is C15H21FN2O. The first kappa shape index (κ1) is 12.9. The van der Waals surface area contributed by atoms with Gasteiger partial charge in [0.1, 0.15) is 0 Å². The van der Waals surface area contributed by atoms with Gasteiger partial charge in [0.05, 0.1) is 7.11 Å². The average Bonchev–Trinajstić information content (AvgIpc) is 2.86. The van der Waals surface area contributed by atoms with Crippen LogP contribution in [0.15, 0.2) is 18.2 Å². The predicted octanol–water partition coefficient (Wildman–Crippen LogP) is 2.02. The fourth-order valence-corrected chi connectivity index (χ4v) is 3.33. The number of fused-ring (bicyclic) bond motifs is 1. The van der Waals surface area contributed by atoms with E-state index in [9.17, 15) is 4.39 Å². The Bertz CT molecular complexity index is 452. The summed E-state index contributed by atoms with van der Waals surface area (Å²) in [7, 11) is 1.50. The third-order valence-corrected chi connectivity index (χ3v) is 4.36. The Morgan fingerprint density at radius 3 is 3.11 bits per heavy atom. The van der Waals surface area contributed by atoms with Gasteiger partial charge in [0.2, 0.25) is 0 Å². The lowest BCUT2D eigenvalue weighted by molar-refractivity contribution is 0.156. The number of rotatable bonds is 3. The molecule has 0 aliphatic carbocycles. The van der Waals surface area contributed by atoms with E-state index in [1.54, 1.807) is 12.1 Å². The summed E-state index contributed by atoms with van der Waals surface area (Å²) >= 11 is 0. The lowest BCUT2D eigenvalue weighted by Gasteiger charge is -2.34. The molecule has 2 saturated heterocycles. The number of nitrogens with one attached hydrogen (secondary N) is 1. The Morgan fingerprint density at radius 1 is 1.42 bits per heavy atom. The van der Waals surface area contributed by atoms with Crippen molar-refractivity contribution in [3.8, 4) is 5.75 Å². The van der Waals surface area contributed by atoms with Gasteiger partial charge in [-0.25, -0.2) is 4.39 Å². The fourth-order valence-electron chi connectivity index (χ4n) is 3.33. The second-order valence-electron chi connectivity index (χ2n) is 5.60. The van der Waals surface area contributed by atoms with E-state index < -0.39 is 0 Å². The fraction of sp³-hybridized carbons (Fsp3) is 0.600. The number of nitrogens with zero attached hydrogens (tertiary/aromatic N) is 1. The van der Waals surface area contributed by atoms with Crippen LogP contribution in [-0.4, -0.2) is 37.7 Å². The maximum atomic E-state index is 13.7. The average molecular weight is 264 g/mol. The van der Waals surface area contributed by atoms with Gasteiger partial charge in [0.25, 0.3) is 0 Å². The first-order valence-corrected chi connectivity index (χ1v) is 7.04. The topological polar surface area (TPSA) is 24.5 Å². The minimum atomic E-state index is -0.266. The molecule has 1 aromatic rings. The molecule has 3 rings (SSSR count). The van der Waals surface area contributed by atoms with E-state index in [0.717, 1.165) is 37.7 Å². The molecule has 2 aliphatic rings. The van der Waals surface area contributed by atoms with Crippen molar-refractivity contribution in [1.29, 1.82) is 0 Å². The van der Waals surface area contributed by atoms with Crippen LogP contribution in [0.4, 0.5) is 4.39 Å². The molecule has 1 aromatic carbocycles. The quantitative estimate of drug-likeness (QED) is 0.904. The van der Waals surface area contributed by atoms with Crippen LogP contribution in [0.3, 0.4) is 0 Å². The molecule has 0 bridgehead atoms. The highest BCUT2D eigenvalue weighted by Gasteiger charge is 2.32. The highest BCUT2D eigenvalue weighted by Crippen LogP contribution is 2.26. The zero-order valence-electron chi connectivity index (χ0n) is 11.4. The summed E-state index contributed by atoms with van der Waals surface area (Å²) in [6.45, 7) is 4.22. The van der Waals surface area contributed by atoms with Crippen molar-refractivity contribution < 1.29 is 9.13 Å². The van der Waals surface area contributed by atoms with Crippen molar-refractivity contribution in [3.63, 3.8) is 0 Å². The first-order valence-electron chi connectivity index (χ1n) is 7.04. The van der Waals surface area contributed by atoms with Gasteiger partial charge < -0.3 is 10.1 Å². The zero-order valence-corrected chi connectivity index (χ0v) is 11.4. The number of ether oxygens (including phenoxy) is 1. The Morgan fingerprint density at radius 2 is 2.32 bits per heavy atom. The zero-order chi connectivity index (χ0) is 13.2. The van der Waals surface area contributed by atoms with Crippen LogP contribution in [-0.2, 0) is 6.54 Å². The lowest BCUT2D eigenvalue weighted by atomic mass is 9.93. The van der Waals surface area contributed by atoms with E-state index in [0.29, 0.717) is 11.8 Å². The van der Waals surface area contributed by atoms with Crippen molar-refractivity contribution >= 4 is 0 Å². The van der Waals surface area contributed by atoms with Gasteiger partial charge in [-0.05, 0) is 49.5 Å². The van der Waals surface area contributed by atoms with Gasteiger partial charge in [0, 0.05) is 19.1 Å². The molecule has 0 radical (unpaired) electrons. The summed E-state index contributed by atoms with van der Waals surface area (Å²) < 4.78 is 18.6. The second-order valence-corrected chi connectivity index (χ2v) is 5.60. The molecule has 0 spiro atoms. The summed E-state index contributed by atoms with van der Waals surface area (Å²) in [5.74, 6) is 0.830. The largest absolute Gasteiger partial charge is 0.494 e. The van der Waals surface area contributed by atoms with Gasteiger partial charge in [-0.2, -0.15) is 0 Å². The van der Waals surface area contributed by atoms with Crippen LogP contribution in [0.1, 0.15) is 18.4 Å². The van der Waals surface area contributed by atoms with Crippen molar-refractivity contribution in [2.75, 3.05) is 26.7 Å². The summed E-state index contributed by atoms with van der Waals surface area (Å²) in [6, 6.07) is 5.98. The third-order valence-electron chi connectivity index (χ3n) is 4.36. The molecule has 3 nitrogen and oxygen atoms in total. The molecule has 19 heavy (non-hydrogen) atoms. The highest BCUT2D eigenvalue weighted by molar-refractivity contribution is 5.29. The van der Waals surface area contributed by atoms with Crippen LogP contribution >= 0.6 is 0 Å². The van der Waals surface area contributed by atoms with Crippen LogP contribution in [0.25, 0.3) is 0 Å². The van der Waals surface area contributed by atoms with Crippen molar-refractivity contribution in [2.45, 2.75) is 25.4 Å². The molecule has 4 heteroatoms. The Balaban J connectivity index is 1.63. The molecule has 2 unspecified atom stereocenters. The summed E-state index contributed by atoms with van der Waals surface area (Å²) in [5, 5.41) is 3.56. The van der Waals surface area contributed by atoms with E-state index in [4.69, 9.17) is 4.74 Å². The van der Waals surface area contributed by atoms with Gasteiger partial charge in [-0.3, -0.25) is 4.90 Å². The number of hydrogen-bond donors (Lipinski definition) is 1. The van der Waals surface area contributed by atoms with Gasteiger partial charge in [-0.15, -0.1) is 0 Å². The first-order chi connectivity index (χ1) is 9.26. The number of likely N-dealkylation sites (tertiary alicyclic amines) is 1. The van der Waals surface area contributed by atoms with Crippen LogP contribution < -0.4 is 10.1 Å². The molecule has 2 aliphatic heterocycles. The minimum Gasteiger partial charge on any atom is -0.494 e. The van der Waals surface area contributed by atoms with Crippen LogP contribution in [0.2, 0.25) is 0 Å². The number of methoxy groups -OCH3 is 1. The normalized spacial score (nSPS) is 27.3. The van der Waals surface area contributed by atoms with Gasteiger partial charge in [0.15, 0.2) is 11.6 Å². The van der Waals surface area contributed by atoms with E-state index >= 15 is 0 Å². The van der Waals surface area contributed by atoms with E-state index in [2.05, 4.69) is 10.2 Å². The highest BCUT2D eigenvalue weighted by atomic mass is 19.1. The predicted molar refractivity (Wildman–Crippen MR) is 72.7 cm³/mol. The molecule has 2 heterocycles. The van der Waals surface area contributed by atoms with Gasteiger partial charge in [-0.1, -0.05) is 6.07 Å². The van der Waals surface area contributed by atoms with Gasteiger partial charge >= 0.3 is 0 Å². The van der Waals surface area contributed by atoms with Crippen molar-refractivity contribution in [1.82, 2.24) is 10.2 Å². The Labute approximate surface area is 113 Å². The minimum absolute atomic E-state index is 0.266. The number of piperidine rings is 1. The number of benzene rings is 1. The Hall–Kier alpha value is -1.13. The SMILES string of the molecule is COc1ccc(CN2CCC3NCCC3C2)cc1F. The molecule has 1 N–H and O–H groups in total. The number of halogens is 1. The Kier molecular flexibility index (Phi) is 3.71. The van der Waals surface area contributed by atoms with Crippen LogP contribution in [0.5, 0.6) is 5.75 Å². The maximum absolute atomic E-state index is 13.7. The summed E-state index contributed by atoms with van der Waals surface area (Å²) in [6.07, 6.45) is 2.49. The van der Waals surface area contributed by atoms with E-state index in [1.807, 2.05) is 6.07 Å². The maximum Gasteiger partial charge on any atom is 0.165 e. The molecule has 0 amide bonds. The standard InChI is InChI=1S/C15H21FN2O/c1-19-15-3-2-11(8-13(15)16)9-18-7-5-14-12(10-18)4-6-17-14/h2-3,8,12,14,17H,4-7,9-10H2,1H3. The smallest absolute Gasteiger partial charge is 0.165 e.